The minimum absolute atomic E-state index is 0.0692. The molecule has 23 heavy (non-hydrogen) atoms. The van der Waals surface area contributed by atoms with Crippen molar-refractivity contribution in [1.82, 2.24) is 4.90 Å². The number of hydrogen-bond acceptors (Lipinski definition) is 5. The van der Waals surface area contributed by atoms with Crippen LogP contribution in [-0.2, 0) is 16.6 Å². The molecule has 5 nitrogen and oxygen atoms in total. The lowest BCUT2D eigenvalue weighted by atomic mass is 9.49. The van der Waals surface area contributed by atoms with Crippen molar-refractivity contribution in [1.29, 1.82) is 0 Å². The maximum absolute atomic E-state index is 13.1. The van der Waals surface area contributed by atoms with E-state index in [-0.39, 0.29) is 24.3 Å². The Balaban J connectivity index is 1.83. The molecular formula is C18H21NO4. The standard InChI is InChI=1S/C18H21NO4/c1-19-8-7-17-14-10-3-4-12(22-2)15(14)23-16(17)11(20)5-6-18(17,21)13(19)9-10/h3-4,13,16,21H,5-9H2,1-2H3/t13-,16?,17+,18-/m1/s1/i2D3,5D2,13D. The molecule has 5 rings (SSSR count). The summed E-state index contributed by atoms with van der Waals surface area (Å²) in [4.78, 5) is 14.8. The zero-order chi connectivity index (χ0) is 21.2. The van der Waals surface area contributed by atoms with Gasteiger partial charge >= 0.3 is 0 Å². The van der Waals surface area contributed by atoms with Crippen molar-refractivity contribution in [2.75, 3.05) is 20.6 Å². The highest BCUT2D eigenvalue weighted by molar-refractivity contribution is 5.90. The first-order chi connectivity index (χ1) is 13.3. The summed E-state index contributed by atoms with van der Waals surface area (Å²) >= 11 is 0. The van der Waals surface area contributed by atoms with Gasteiger partial charge in [0, 0.05) is 20.7 Å². The molecule has 4 aliphatic rings. The summed E-state index contributed by atoms with van der Waals surface area (Å²) in [5.74, 6) is -0.794. The van der Waals surface area contributed by atoms with E-state index in [9.17, 15) is 11.3 Å². The van der Waals surface area contributed by atoms with Gasteiger partial charge in [-0.2, -0.15) is 0 Å². The first-order valence-electron chi connectivity index (χ1n) is 10.8. The van der Waals surface area contributed by atoms with Crippen molar-refractivity contribution >= 4 is 5.78 Å². The molecule has 2 aliphatic carbocycles. The number of hydrogen-bond donors (Lipinski definition) is 1. The van der Waals surface area contributed by atoms with Gasteiger partial charge in [-0.1, -0.05) is 6.07 Å². The number of ether oxygens (including phenoxy) is 2. The first-order valence-corrected chi connectivity index (χ1v) is 7.77. The molecule has 1 aromatic rings. The van der Waals surface area contributed by atoms with Gasteiger partial charge in [0.25, 0.3) is 0 Å². The van der Waals surface area contributed by atoms with Crippen LogP contribution in [0.1, 0.15) is 38.6 Å². The number of rotatable bonds is 1. The minimum atomic E-state index is -2.74. The number of benzene rings is 1. The van der Waals surface area contributed by atoms with Gasteiger partial charge in [-0.05, 0) is 44.5 Å². The van der Waals surface area contributed by atoms with Gasteiger partial charge in [0.05, 0.1) is 23.5 Å². The maximum Gasteiger partial charge on any atom is 0.174 e. The number of carbonyl (C=O) groups excluding carboxylic acids is 1. The summed E-state index contributed by atoms with van der Waals surface area (Å²) in [6.07, 6.45) is -3.86. The van der Waals surface area contributed by atoms with Gasteiger partial charge in [0.1, 0.15) is 0 Å². The third kappa shape index (κ3) is 1.32. The molecule has 0 aromatic heterocycles. The maximum atomic E-state index is 13.1. The van der Waals surface area contributed by atoms with E-state index in [4.69, 9.17) is 16.3 Å². The molecule has 2 fully saturated rings. The zero-order valence-corrected chi connectivity index (χ0v) is 12.7. The Morgan fingerprint density at radius 3 is 3.26 bits per heavy atom. The molecule has 0 amide bonds. The summed E-state index contributed by atoms with van der Waals surface area (Å²) in [6.45, 7) is 0.408. The van der Waals surface area contributed by atoms with Gasteiger partial charge in [-0.25, -0.2) is 0 Å². The SMILES string of the molecule is [2H]C([2H])([2H])Oc1ccc2c3c1OC1C(=O)C([2H])([2H])C[C@]4(O)[C@@]31CCN(C)[C@]4([2H])C2. The second-order valence-corrected chi connectivity index (χ2v) is 6.87. The van der Waals surface area contributed by atoms with Crippen LogP contribution in [0, 0.1) is 0 Å². The minimum Gasteiger partial charge on any atom is -0.493 e. The topological polar surface area (TPSA) is 59.0 Å². The summed E-state index contributed by atoms with van der Waals surface area (Å²) in [6, 6.07) is 1.54. The average Bonchev–Trinajstić information content (AvgIpc) is 2.93. The summed E-state index contributed by atoms with van der Waals surface area (Å²) < 4.78 is 59.0. The summed E-state index contributed by atoms with van der Waals surface area (Å²) in [7, 11) is -1.03. The van der Waals surface area contributed by atoms with Gasteiger partial charge < -0.3 is 19.5 Å². The molecule has 1 saturated carbocycles. The Bertz CT molecular complexity index is 951. The second-order valence-electron chi connectivity index (χ2n) is 6.87. The number of ketones is 1. The number of likely N-dealkylation sites (tertiary alicyclic amines) is 1. The van der Waals surface area contributed by atoms with Gasteiger partial charge in [-0.15, -0.1) is 0 Å². The number of piperidine rings is 1. The number of carbonyl (C=O) groups is 1. The largest absolute Gasteiger partial charge is 0.493 e. The Morgan fingerprint density at radius 1 is 1.57 bits per heavy atom. The quantitative estimate of drug-likeness (QED) is 0.838. The van der Waals surface area contributed by atoms with E-state index in [2.05, 4.69) is 0 Å². The fraction of sp³-hybridized carbons (Fsp3) is 0.611. The Hall–Kier alpha value is -1.59. The number of Topliss-reactive ketones (excluding diaryl/α,β-unsaturated/α-hetero) is 1. The molecule has 5 heteroatoms. The van der Waals surface area contributed by atoms with Crippen molar-refractivity contribution in [3.05, 3.63) is 23.3 Å². The molecule has 1 aromatic carbocycles. The van der Waals surface area contributed by atoms with E-state index >= 15 is 0 Å². The number of methoxy groups -OCH3 is 1. The van der Waals surface area contributed by atoms with Crippen molar-refractivity contribution in [3.63, 3.8) is 0 Å². The van der Waals surface area contributed by atoms with Crippen molar-refractivity contribution in [2.24, 2.45) is 0 Å². The Labute approximate surface area is 143 Å². The van der Waals surface area contributed by atoms with Crippen LogP contribution in [0.4, 0.5) is 0 Å². The monoisotopic (exact) mass is 321 g/mol. The molecule has 4 atom stereocenters. The van der Waals surface area contributed by atoms with Crippen LogP contribution < -0.4 is 9.47 Å². The zero-order valence-electron chi connectivity index (χ0n) is 18.7. The molecule has 2 heterocycles. The van der Waals surface area contributed by atoms with Gasteiger partial charge in [0.15, 0.2) is 23.4 Å². The molecule has 0 radical (unpaired) electrons. The summed E-state index contributed by atoms with van der Waals surface area (Å²) in [5.41, 5.74) is -2.04. The normalized spacial score (nSPS) is 50.3. The molecule has 1 unspecified atom stereocenters. The van der Waals surface area contributed by atoms with Crippen LogP contribution >= 0.6 is 0 Å². The van der Waals surface area contributed by atoms with E-state index in [1.807, 2.05) is 0 Å². The van der Waals surface area contributed by atoms with Crippen LogP contribution in [-0.4, -0.2) is 54.1 Å². The lowest BCUT2D eigenvalue weighted by Crippen LogP contribution is -2.76. The highest BCUT2D eigenvalue weighted by Crippen LogP contribution is 2.64. The van der Waals surface area contributed by atoms with Gasteiger partial charge in [0.2, 0.25) is 0 Å². The smallest absolute Gasteiger partial charge is 0.174 e. The molecule has 1 spiro atoms. The predicted molar refractivity (Wildman–Crippen MR) is 83.0 cm³/mol. The van der Waals surface area contributed by atoms with Crippen molar-refractivity contribution in [3.8, 4) is 11.5 Å². The highest BCUT2D eigenvalue weighted by Gasteiger charge is 2.72. The Morgan fingerprint density at radius 2 is 2.43 bits per heavy atom. The van der Waals surface area contributed by atoms with Crippen LogP contribution in [0.5, 0.6) is 11.5 Å². The van der Waals surface area contributed by atoms with Crippen LogP contribution in [0.15, 0.2) is 12.1 Å². The third-order valence-electron chi connectivity index (χ3n) is 6.08. The number of likely N-dealkylation sites (N-methyl/N-ethyl adjacent to an activating group) is 1. The molecular weight excluding hydrogens is 294 g/mol. The molecule has 2 aliphatic heterocycles. The second kappa shape index (κ2) is 4.08. The van der Waals surface area contributed by atoms with Gasteiger partial charge in [-0.3, -0.25) is 4.79 Å². The van der Waals surface area contributed by atoms with Crippen molar-refractivity contribution < 1.29 is 27.6 Å². The van der Waals surface area contributed by atoms with E-state index < -0.39 is 48.8 Å². The van der Waals surface area contributed by atoms with Crippen LogP contribution in [0.2, 0.25) is 0 Å². The van der Waals surface area contributed by atoms with E-state index in [1.165, 1.54) is 6.07 Å². The fourth-order valence-corrected chi connectivity index (χ4v) is 5.03. The predicted octanol–water partition coefficient (Wildman–Crippen LogP) is 1.05. The number of aliphatic hydroxyl groups is 1. The number of nitrogens with zero attached hydrogens (tertiary/aromatic N) is 1. The van der Waals surface area contributed by atoms with E-state index in [0.717, 1.165) is 0 Å². The average molecular weight is 321 g/mol. The van der Waals surface area contributed by atoms with E-state index in [1.54, 1.807) is 18.0 Å². The van der Waals surface area contributed by atoms with Crippen LogP contribution in [0.3, 0.4) is 0 Å². The molecule has 122 valence electrons. The summed E-state index contributed by atoms with van der Waals surface area (Å²) in [5, 5.41) is 12.0. The Kier molecular flexibility index (Phi) is 1.60. The third-order valence-corrected chi connectivity index (χ3v) is 6.08. The molecule has 1 saturated heterocycles. The molecule has 2 bridgehead atoms. The van der Waals surface area contributed by atoms with E-state index in [0.29, 0.717) is 17.7 Å². The van der Waals surface area contributed by atoms with Crippen molar-refractivity contribution in [2.45, 2.75) is 48.8 Å². The fourth-order valence-electron chi connectivity index (χ4n) is 5.03. The highest BCUT2D eigenvalue weighted by atomic mass is 16.5. The lowest BCUT2D eigenvalue weighted by molar-refractivity contribution is -0.185. The molecule has 1 N–H and O–H groups in total. The van der Waals surface area contributed by atoms with Crippen LogP contribution in [0.25, 0.3) is 0 Å². The lowest BCUT2D eigenvalue weighted by Gasteiger charge is -2.62. The first kappa shape index (κ1) is 9.04.